The Hall–Kier alpha value is -0.820. The highest BCUT2D eigenvalue weighted by molar-refractivity contribution is 7.09. The van der Waals surface area contributed by atoms with Gasteiger partial charge in [0.1, 0.15) is 5.69 Å². The van der Waals surface area contributed by atoms with Gasteiger partial charge in [0.05, 0.1) is 4.88 Å². The van der Waals surface area contributed by atoms with Crippen molar-refractivity contribution in [2.45, 2.75) is 31.6 Å². The van der Waals surface area contributed by atoms with E-state index in [9.17, 15) is 18.0 Å². The van der Waals surface area contributed by atoms with Crippen LogP contribution >= 0.6 is 11.3 Å². The number of alkyl halides is 3. The number of hydrogen-bond donors (Lipinski definition) is 2. The summed E-state index contributed by atoms with van der Waals surface area (Å²) in [4.78, 5) is 12.1. The molecule has 0 aliphatic heterocycles. The van der Waals surface area contributed by atoms with Crippen molar-refractivity contribution in [1.29, 1.82) is 0 Å². The third-order valence-corrected chi connectivity index (χ3v) is 3.02. The monoisotopic (exact) mass is 238 g/mol. The lowest BCUT2D eigenvalue weighted by Gasteiger charge is -2.06. The van der Waals surface area contributed by atoms with Gasteiger partial charge >= 0.3 is 11.0 Å². The first-order valence-electron chi connectivity index (χ1n) is 4.49. The molecule has 2 N–H and O–H groups in total. The zero-order valence-electron chi connectivity index (χ0n) is 7.65. The maximum atomic E-state index is 12.4. The van der Waals surface area contributed by atoms with E-state index in [2.05, 4.69) is 5.32 Å². The number of rotatable bonds is 3. The molecular weight excluding hydrogens is 229 g/mol. The average molecular weight is 238 g/mol. The van der Waals surface area contributed by atoms with Gasteiger partial charge in [-0.25, -0.2) is 0 Å². The zero-order chi connectivity index (χ0) is 11.1. The van der Waals surface area contributed by atoms with Gasteiger partial charge in [0.2, 0.25) is 0 Å². The molecule has 3 nitrogen and oxygen atoms in total. The molecule has 0 aromatic carbocycles. The minimum Gasteiger partial charge on any atom is -0.309 e. The highest BCUT2D eigenvalue weighted by Crippen LogP contribution is 2.31. The molecule has 0 unspecified atom stereocenters. The van der Waals surface area contributed by atoms with Gasteiger partial charge in [0.15, 0.2) is 0 Å². The van der Waals surface area contributed by atoms with Crippen molar-refractivity contribution < 1.29 is 13.2 Å². The molecule has 0 bridgehead atoms. The number of nitrogens with one attached hydrogen (secondary N) is 2. The van der Waals surface area contributed by atoms with Crippen molar-refractivity contribution in [3.8, 4) is 0 Å². The number of hydrogen-bond acceptors (Lipinski definition) is 3. The molecule has 84 valence electrons. The normalized spacial score (nSPS) is 17.0. The lowest BCUT2D eigenvalue weighted by molar-refractivity contribution is -0.141. The predicted octanol–water partition coefficient (Wildman–Crippen LogP) is 1.71. The van der Waals surface area contributed by atoms with Gasteiger partial charge in [-0.3, -0.25) is 4.79 Å². The summed E-state index contributed by atoms with van der Waals surface area (Å²) in [5, 5.41) is 2.95. The molecule has 1 aromatic rings. The first-order valence-corrected chi connectivity index (χ1v) is 5.31. The van der Waals surface area contributed by atoms with E-state index >= 15 is 0 Å². The van der Waals surface area contributed by atoms with Crippen LogP contribution in [0, 0.1) is 0 Å². The SMILES string of the molecule is O=c1[nH]c(C(F)(F)F)c(CNC2CC2)s1. The van der Waals surface area contributed by atoms with Crippen LogP contribution in [-0.4, -0.2) is 11.0 Å². The summed E-state index contributed by atoms with van der Waals surface area (Å²) >= 11 is 0.617. The number of thiazole rings is 1. The van der Waals surface area contributed by atoms with E-state index in [0.717, 1.165) is 12.8 Å². The molecule has 0 amide bonds. The van der Waals surface area contributed by atoms with Crippen LogP contribution in [-0.2, 0) is 12.7 Å². The van der Waals surface area contributed by atoms with Gasteiger partial charge in [-0.05, 0) is 12.8 Å². The second kappa shape index (κ2) is 3.64. The highest BCUT2D eigenvalue weighted by atomic mass is 32.1. The molecule has 0 saturated heterocycles. The molecule has 1 aliphatic carbocycles. The van der Waals surface area contributed by atoms with Crippen molar-refractivity contribution in [3.05, 3.63) is 20.2 Å². The third kappa shape index (κ3) is 2.60. The molecule has 7 heteroatoms. The van der Waals surface area contributed by atoms with Gasteiger partial charge in [0.25, 0.3) is 0 Å². The van der Waals surface area contributed by atoms with E-state index in [1.165, 1.54) is 0 Å². The quantitative estimate of drug-likeness (QED) is 0.842. The lowest BCUT2D eigenvalue weighted by Crippen LogP contribution is -2.18. The Balaban J connectivity index is 2.16. The van der Waals surface area contributed by atoms with Crippen molar-refractivity contribution >= 4 is 11.3 Å². The van der Waals surface area contributed by atoms with Crippen molar-refractivity contribution in [1.82, 2.24) is 10.3 Å². The average Bonchev–Trinajstić information content (AvgIpc) is 2.85. The van der Waals surface area contributed by atoms with Crippen LogP contribution in [0.2, 0.25) is 0 Å². The Bertz CT molecular complexity index is 405. The largest absolute Gasteiger partial charge is 0.432 e. The summed E-state index contributed by atoms with van der Waals surface area (Å²) in [5.74, 6) is 0. The number of H-pyrrole nitrogens is 1. The fraction of sp³-hybridized carbons (Fsp3) is 0.625. The molecule has 1 aliphatic rings. The van der Waals surface area contributed by atoms with Gasteiger partial charge in [-0.1, -0.05) is 11.3 Å². The summed E-state index contributed by atoms with van der Waals surface area (Å²) in [5.41, 5.74) is -0.911. The molecule has 1 heterocycles. The van der Waals surface area contributed by atoms with Crippen LogP contribution in [0.1, 0.15) is 23.4 Å². The topological polar surface area (TPSA) is 44.9 Å². The summed E-state index contributed by atoms with van der Waals surface area (Å²) < 4.78 is 37.2. The van der Waals surface area contributed by atoms with E-state index in [4.69, 9.17) is 0 Å². The molecule has 15 heavy (non-hydrogen) atoms. The van der Waals surface area contributed by atoms with E-state index < -0.39 is 16.7 Å². The number of halogens is 3. The van der Waals surface area contributed by atoms with Crippen LogP contribution in [0.3, 0.4) is 0 Å². The first-order chi connectivity index (χ1) is 6.97. The molecule has 1 aromatic heterocycles. The second-order valence-corrected chi connectivity index (χ2v) is 4.53. The number of aromatic amines is 1. The molecule has 1 fully saturated rings. The zero-order valence-corrected chi connectivity index (χ0v) is 8.47. The smallest absolute Gasteiger partial charge is 0.309 e. The van der Waals surface area contributed by atoms with Crippen molar-refractivity contribution in [2.75, 3.05) is 0 Å². The van der Waals surface area contributed by atoms with Gasteiger partial charge in [-0.2, -0.15) is 13.2 Å². The Labute approximate surface area is 87.3 Å². The number of aromatic nitrogens is 1. The van der Waals surface area contributed by atoms with Crippen LogP contribution in [0.15, 0.2) is 4.79 Å². The highest BCUT2D eigenvalue weighted by Gasteiger charge is 2.36. The van der Waals surface area contributed by atoms with Crippen LogP contribution in [0.4, 0.5) is 13.2 Å². The summed E-state index contributed by atoms with van der Waals surface area (Å²) in [6, 6.07) is 0.322. The van der Waals surface area contributed by atoms with Gasteiger partial charge in [-0.15, -0.1) is 0 Å². The maximum absolute atomic E-state index is 12.4. The fourth-order valence-corrected chi connectivity index (χ4v) is 2.04. The maximum Gasteiger partial charge on any atom is 0.432 e. The van der Waals surface area contributed by atoms with Gasteiger partial charge < -0.3 is 10.3 Å². The molecule has 0 radical (unpaired) electrons. The molecular formula is C8H9F3N2OS. The molecule has 0 spiro atoms. The standard InChI is InChI=1S/C8H9F3N2OS/c9-8(10,11)6-5(15-7(14)13-6)3-12-4-1-2-4/h4,12H,1-3H2,(H,13,14). The summed E-state index contributed by atoms with van der Waals surface area (Å²) in [7, 11) is 0. The van der Waals surface area contributed by atoms with Crippen LogP contribution in [0.25, 0.3) is 0 Å². The van der Waals surface area contributed by atoms with Crippen molar-refractivity contribution in [2.24, 2.45) is 0 Å². The molecule has 1 saturated carbocycles. The van der Waals surface area contributed by atoms with E-state index in [0.29, 0.717) is 17.4 Å². The minimum absolute atomic E-state index is 0.0411. The second-order valence-electron chi connectivity index (χ2n) is 3.47. The minimum atomic E-state index is -4.47. The lowest BCUT2D eigenvalue weighted by atomic mass is 10.3. The molecule has 0 atom stereocenters. The Morgan fingerprint density at radius 1 is 1.47 bits per heavy atom. The fourth-order valence-electron chi connectivity index (χ4n) is 1.24. The Morgan fingerprint density at radius 2 is 2.13 bits per heavy atom. The summed E-state index contributed by atoms with van der Waals surface area (Å²) in [6.07, 6.45) is -2.47. The van der Waals surface area contributed by atoms with Crippen LogP contribution in [0.5, 0.6) is 0 Å². The predicted molar refractivity (Wildman–Crippen MR) is 49.8 cm³/mol. The third-order valence-electron chi connectivity index (χ3n) is 2.13. The summed E-state index contributed by atoms with van der Waals surface area (Å²) in [6.45, 7) is 0.114. The van der Waals surface area contributed by atoms with E-state index in [1.54, 1.807) is 0 Å². The van der Waals surface area contributed by atoms with Crippen LogP contribution < -0.4 is 10.2 Å². The Morgan fingerprint density at radius 3 is 2.67 bits per heavy atom. The van der Waals surface area contributed by atoms with E-state index in [1.807, 2.05) is 4.98 Å². The molecule has 2 rings (SSSR count). The van der Waals surface area contributed by atoms with Crippen molar-refractivity contribution in [3.63, 3.8) is 0 Å². The Kier molecular flexibility index (Phi) is 2.59. The van der Waals surface area contributed by atoms with Gasteiger partial charge in [0, 0.05) is 12.6 Å². The first kappa shape index (κ1) is 10.7. The van der Waals surface area contributed by atoms with E-state index in [-0.39, 0.29) is 11.4 Å².